The predicted molar refractivity (Wildman–Crippen MR) is 118 cm³/mol. The van der Waals surface area contributed by atoms with E-state index >= 15 is 0 Å². The molecule has 0 atom stereocenters. The second-order valence-electron chi connectivity index (χ2n) is 10.0. The molecule has 2 aliphatic rings. The van der Waals surface area contributed by atoms with Crippen molar-refractivity contribution in [2.24, 2.45) is 16.2 Å². The van der Waals surface area contributed by atoms with E-state index in [1.54, 1.807) is 24.3 Å². The molecule has 0 saturated carbocycles. The maximum atomic E-state index is 13.3. The average molecular weight is 411 g/mol. The summed E-state index contributed by atoms with van der Waals surface area (Å²) in [5.41, 5.74) is 3.09. The van der Waals surface area contributed by atoms with E-state index < -0.39 is 11.4 Å². The summed E-state index contributed by atoms with van der Waals surface area (Å²) in [6, 6.07) is 6.55. The van der Waals surface area contributed by atoms with E-state index in [1.807, 2.05) is 0 Å². The van der Waals surface area contributed by atoms with Crippen LogP contribution in [0.3, 0.4) is 0 Å². The zero-order chi connectivity index (χ0) is 22.2. The van der Waals surface area contributed by atoms with Crippen molar-refractivity contribution in [2.45, 2.75) is 66.7 Å². The predicted octanol–water partition coefficient (Wildman–Crippen LogP) is 6.27. The number of benzene rings is 1. The molecule has 0 spiro atoms. The molecule has 3 rings (SSSR count). The van der Waals surface area contributed by atoms with E-state index in [9.17, 15) is 9.59 Å². The third kappa shape index (κ3) is 4.10. The number of esters is 2. The summed E-state index contributed by atoms with van der Waals surface area (Å²) in [6.45, 7) is 15.0. The van der Waals surface area contributed by atoms with Crippen molar-refractivity contribution in [3.05, 3.63) is 53.6 Å². The monoisotopic (exact) mass is 410 g/mol. The van der Waals surface area contributed by atoms with Crippen molar-refractivity contribution in [1.82, 2.24) is 0 Å². The van der Waals surface area contributed by atoms with Crippen LogP contribution in [0.2, 0.25) is 0 Å². The van der Waals surface area contributed by atoms with Gasteiger partial charge in [0.05, 0.1) is 11.0 Å². The number of rotatable bonds is 6. The first-order chi connectivity index (χ1) is 14.0. The van der Waals surface area contributed by atoms with Crippen LogP contribution in [-0.2, 0) is 9.53 Å². The van der Waals surface area contributed by atoms with Crippen molar-refractivity contribution >= 4 is 11.9 Å². The van der Waals surface area contributed by atoms with Crippen molar-refractivity contribution in [3.8, 4) is 5.75 Å². The molecule has 30 heavy (non-hydrogen) atoms. The van der Waals surface area contributed by atoms with Gasteiger partial charge in [-0.1, -0.05) is 58.4 Å². The van der Waals surface area contributed by atoms with Gasteiger partial charge in [-0.25, -0.2) is 4.79 Å². The minimum absolute atomic E-state index is 0.134. The van der Waals surface area contributed by atoms with Crippen LogP contribution >= 0.6 is 0 Å². The summed E-state index contributed by atoms with van der Waals surface area (Å²) in [4.78, 5) is 25.3. The lowest BCUT2D eigenvalue weighted by Gasteiger charge is -2.41. The number of carbonyl (C=O) groups excluding carboxylic acids is 2. The smallest absolute Gasteiger partial charge is 0.338 e. The molecule has 1 aromatic carbocycles. The minimum atomic E-state index is -0.509. The summed E-state index contributed by atoms with van der Waals surface area (Å²) in [7, 11) is 0. The highest BCUT2D eigenvalue weighted by Crippen LogP contribution is 2.60. The lowest BCUT2D eigenvalue weighted by molar-refractivity contribution is -0.145. The lowest BCUT2D eigenvalue weighted by Crippen LogP contribution is -2.33. The highest BCUT2D eigenvalue weighted by molar-refractivity contribution is 5.89. The molecule has 0 saturated heterocycles. The minimum Gasteiger partial charge on any atom is -0.458 e. The van der Waals surface area contributed by atoms with Crippen molar-refractivity contribution in [1.29, 1.82) is 0 Å². The average Bonchev–Trinajstić information content (AvgIpc) is 3.14. The van der Waals surface area contributed by atoms with Crippen LogP contribution in [-0.4, -0.2) is 18.5 Å². The number of hydrogen-bond acceptors (Lipinski definition) is 4. The first-order valence-electron chi connectivity index (χ1n) is 10.9. The molecular weight excluding hydrogens is 376 g/mol. The maximum absolute atomic E-state index is 13.3. The molecule has 0 aliphatic heterocycles. The third-order valence-corrected chi connectivity index (χ3v) is 7.15. The summed E-state index contributed by atoms with van der Waals surface area (Å²) >= 11 is 0. The van der Waals surface area contributed by atoms with E-state index in [0.717, 1.165) is 32.1 Å². The Hall–Kier alpha value is -2.36. The molecule has 0 bridgehead atoms. The normalized spacial score (nSPS) is 21.0. The van der Waals surface area contributed by atoms with Gasteiger partial charge in [0.2, 0.25) is 0 Å². The Bertz CT molecular complexity index is 843. The number of carbonyl (C=O) groups is 2. The SMILES string of the molecule is C=CCOC(=O)c1ccc(OC(=O)C2(CC)CC3=C(C2)C(C)(C)CCC3(C)C)cc1. The molecule has 4 heteroatoms. The van der Waals surface area contributed by atoms with Gasteiger partial charge in [-0.05, 0) is 67.2 Å². The van der Waals surface area contributed by atoms with Gasteiger partial charge < -0.3 is 9.47 Å². The van der Waals surface area contributed by atoms with Gasteiger partial charge in [-0.15, -0.1) is 0 Å². The van der Waals surface area contributed by atoms with Crippen LogP contribution in [0.5, 0.6) is 5.75 Å². The molecule has 4 nitrogen and oxygen atoms in total. The molecule has 0 radical (unpaired) electrons. The Morgan fingerprint density at radius 1 is 1.00 bits per heavy atom. The standard InChI is InChI=1S/C26H34O4/c1-7-15-29-22(27)18-9-11-19(12-10-18)30-23(28)26(8-2)16-20-21(17-26)25(5,6)14-13-24(20,3)4/h7,9-12H,1,8,13-17H2,2-6H3. The summed E-state index contributed by atoms with van der Waals surface area (Å²) < 4.78 is 10.9. The molecule has 0 aromatic heterocycles. The van der Waals surface area contributed by atoms with Crippen LogP contribution in [0.25, 0.3) is 0 Å². The van der Waals surface area contributed by atoms with Gasteiger partial charge in [0.15, 0.2) is 0 Å². The largest absolute Gasteiger partial charge is 0.458 e. The fourth-order valence-electron chi connectivity index (χ4n) is 4.81. The highest BCUT2D eigenvalue weighted by Gasteiger charge is 2.52. The lowest BCUT2D eigenvalue weighted by atomic mass is 9.64. The number of allylic oxidation sites excluding steroid dienone is 2. The number of hydrogen-bond donors (Lipinski definition) is 0. The molecule has 1 aromatic rings. The van der Waals surface area contributed by atoms with E-state index in [4.69, 9.17) is 9.47 Å². The second kappa shape index (κ2) is 8.05. The molecule has 0 fully saturated rings. The molecular formula is C26H34O4. The van der Waals surface area contributed by atoms with Gasteiger partial charge in [-0.2, -0.15) is 0 Å². The first-order valence-corrected chi connectivity index (χ1v) is 10.9. The topological polar surface area (TPSA) is 52.6 Å². The van der Waals surface area contributed by atoms with E-state index in [2.05, 4.69) is 41.2 Å². The van der Waals surface area contributed by atoms with Gasteiger partial charge in [-0.3, -0.25) is 4.79 Å². The molecule has 2 aliphatic carbocycles. The Kier molecular flexibility index (Phi) is 5.99. The van der Waals surface area contributed by atoms with Gasteiger partial charge in [0, 0.05) is 0 Å². The fourth-order valence-corrected chi connectivity index (χ4v) is 4.81. The molecule has 0 unspecified atom stereocenters. The van der Waals surface area contributed by atoms with E-state index in [0.29, 0.717) is 11.3 Å². The fraction of sp³-hybridized carbons (Fsp3) is 0.538. The van der Waals surface area contributed by atoms with Crippen molar-refractivity contribution < 1.29 is 19.1 Å². The van der Waals surface area contributed by atoms with Crippen LogP contribution < -0.4 is 4.74 Å². The van der Waals surface area contributed by atoms with Crippen LogP contribution in [0.1, 0.15) is 77.1 Å². The molecule has 0 amide bonds. The van der Waals surface area contributed by atoms with Crippen LogP contribution in [0.4, 0.5) is 0 Å². The van der Waals surface area contributed by atoms with Gasteiger partial charge in [0.1, 0.15) is 12.4 Å². The Morgan fingerprint density at radius 3 is 2.00 bits per heavy atom. The zero-order valence-corrected chi connectivity index (χ0v) is 19.0. The van der Waals surface area contributed by atoms with Crippen molar-refractivity contribution in [3.63, 3.8) is 0 Å². The molecule has 0 N–H and O–H groups in total. The summed E-state index contributed by atoms with van der Waals surface area (Å²) in [6.07, 6.45) is 6.13. The Labute approximate surface area is 180 Å². The second-order valence-corrected chi connectivity index (χ2v) is 10.0. The third-order valence-electron chi connectivity index (χ3n) is 7.15. The summed E-state index contributed by atoms with van der Waals surface area (Å²) in [5, 5.41) is 0. The zero-order valence-electron chi connectivity index (χ0n) is 19.0. The number of ether oxygens (including phenoxy) is 2. The van der Waals surface area contributed by atoms with Crippen LogP contribution in [0.15, 0.2) is 48.1 Å². The first kappa shape index (κ1) is 22.3. The molecule has 0 heterocycles. The van der Waals surface area contributed by atoms with E-state index in [-0.39, 0.29) is 23.4 Å². The van der Waals surface area contributed by atoms with Crippen molar-refractivity contribution in [2.75, 3.05) is 6.61 Å². The summed E-state index contributed by atoms with van der Waals surface area (Å²) in [5.74, 6) is -0.139. The quantitative estimate of drug-likeness (QED) is 0.315. The Balaban J connectivity index is 1.76. The van der Waals surface area contributed by atoms with Crippen LogP contribution in [0, 0.1) is 16.2 Å². The van der Waals surface area contributed by atoms with E-state index in [1.165, 1.54) is 17.2 Å². The van der Waals surface area contributed by atoms with Gasteiger partial charge in [0.25, 0.3) is 0 Å². The Morgan fingerprint density at radius 2 is 1.53 bits per heavy atom. The molecule has 162 valence electrons. The maximum Gasteiger partial charge on any atom is 0.338 e. The van der Waals surface area contributed by atoms with Gasteiger partial charge >= 0.3 is 11.9 Å². The highest BCUT2D eigenvalue weighted by atomic mass is 16.5.